The number of nitrogens with one attached hydrogen (secondary N) is 1. The van der Waals surface area contributed by atoms with E-state index in [4.69, 9.17) is 0 Å². The Hall–Kier alpha value is -0.0500. The topological polar surface area (TPSA) is 29.1 Å². The minimum Gasteiger partial charge on any atom is -0.355 e. The molecule has 2 fully saturated rings. The van der Waals surface area contributed by atoms with Crippen LogP contribution in [0.25, 0.3) is 0 Å². The van der Waals surface area contributed by atoms with Crippen molar-refractivity contribution in [1.29, 1.82) is 0 Å². The lowest BCUT2D eigenvalue weighted by atomic mass is 9.86. The third-order valence-corrected chi connectivity index (χ3v) is 5.28. The summed E-state index contributed by atoms with van der Waals surface area (Å²) in [6.07, 6.45) is 7.38. The Balaban J connectivity index is 1.63. The second-order valence-corrected chi connectivity index (χ2v) is 7.96. The fourth-order valence-corrected chi connectivity index (χ4v) is 4.67. The predicted octanol–water partition coefficient (Wildman–Crippen LogP) is 3.74. The highest BCUT2D eigenvalue weighted by atomic mass is 79.9. The fourth-order valence-electron chi connectivity index (χ4n) is 3.76. The van der Waals surface area contributed by atoms with Crippen LogP contribution in [-0.4, -0.2) is 17.3 Å². The SMILES string of the molecule is CC(C)CC(Br)CNC(=O)CC1CC2CCC1C2. The van der Waals surface area contributed by atoms with Crippen molar-refractivity contribution in [2.45, 2.75) is 57.2 Å². The Morgan fingerprint density at radius 1 is 1.33 bits per heavy atom. The molecule has 0 aromatic rings. The van der Waals surface area contributed by atoms with Gasteiger partial charge in [-0.1, -0.05) is 36.2 Å². The van der Waals surface area contributed by atoms with Crippen molar-refractivity contribution < 1.29 is 4.79 Å². The van der Waals surface area contributed by atoms with Gasteiger partial charge in [-0.05, 0) is 49.4 Å². The standard InChI is InChI=1S/C15H26BrNO/c1-10(2)5-14(16)9-17-15(18)8-13-7-11-3-4-12(13)6-11/h10-14H,3-9H2,1-2H3,(H,17,18). The van der Waals surface area contributed by atoms with Gasteiger partial charge in [0.25, 0.3) is 0 Å². The van der Waals surface area contributed by atoms with Crippen LogP contribution in [0.2, 0.25) is 0 Å². The molecule has 0 saturated heterocycles. The first-order chi connectivity index (χ1) is 8.54. The van der Waals surface area contributed by atoms with E-state index in [9.17, 15) is 4.79 Å². The molecule has 104 valence electrons. The highest BCUT2D eigenvalue weighted by molar-refractivity contribution is 9.09. The summed E-state index contributed by atoms with van der Waals surface area (Å²) in [6.45, 7) is 5.20. The number of halogens is 1. The summed E-state index contributed by atoms with van der Waals surface area (Å²) < 4.78 is 0. The molecule has 0 heterocycles. The minimum atomic E-state index is 0.265. The summed E-state index contributed by atoms with van der Waals surface area (Å²) in [6, 6.07) is 0. The van der Waals surface area contributed by atoms with Crippen molar-refractivity contribution >= 4 is 21.8 Å². The first-order valence-corrected chi connectivity index (χ1v) is 8.37. The molecule has 2 rings (SSSR count). The number of carbonyl (C=O) groups is 1. The van der Waals surface area contributed by atoms with E-state index in [1.54, 1.807) is 0 Å². The molecule has 0 aromatic heterocycles. The van der Waals surface area contributed by atoms with Crippen LogP contribution >= 0.6 is 15.9 Å². The Morgan fingerprint density at radius 3 is 2.67 bits per heavy atom. The molecule has 0 aliphatic heterocycles. The lowest BCUT2D eigenvalue weighted by Gasteiger charge is -2.21. The van der Waals surface area contributed by atoms with Crippen molar-refractivity contribution in [2.24, 2.45) is 23.7 Å². The molecule has 4 unspecified atom stereocenters. The van der Waals surface area contributed by atoms with E-state index in [0.29, 0.717) is 16.7 Å². The largest absolute Gasteiger partial charge is 0.355 e. The average molecular weight is 316 g/mol. The van der Waals surface area contributed by atoms with Crippen LogP contribution in [0.5, 0.6) is 0 Å². The van der Waals surface area contributed by atoms with E-state index in [-0.39, 0.29) is 5.91 Å². The Morgan fingerprint density at radius 2 is 2.11 bits per heavy atom. The van der Waals surface area contributed by atoms with Crippen molar-refractivity contribution in [2.75, 3.05) is 6.54 Å². The van der Waals surface area contributed by atoms with Crippen LogP contribution in [-0.2, 0) is 4.79 Å². The van der Waals surface area contributed by atoms with Gasteiger partial charge >= 0.3 is 0 Å². The maximum absolute atomic E-state index is 11.9. The molecule has 2 aliphatic rings. The van der Waals surface area contributed by atoms with E-state index < -0.39 is 0 Å². The molecule has 4 atom stereocenters. The van der Waals surface area contributed by atoms with E-state index in [2.05, 4.69) is 35.1 Å². The number of alkyl halides is 1. The third kappa shape index (κ3) is 3.97. The number of rotatable bonds is 6. The summed E-state index contributed by atoms with van der Waals surface area (Å²) in [7, 11) is 0. The van der Waals surface area contributed by atoms with Gasteiger partial charge in [0, 0.05) is 17.8 Å². The zero-order chi connectivity index (χ0) is 13.1. The monoisotopic (exact) mass is 315 g/mol. The molecule has 1 N–H and O–H groups in total. The molecule has 2 nitrogen and oxygen atoms in total. The summed E-state index contributed by atoms with van der Waals surface area (Å²) in [5.74, 6) is 3.43. The molecule has 3 heteroatoms. The summed E-state index contributed by atoms with van der Waals surface area (Å²) >= 11 is 3.64. The summed E-state index contributed by atoms with van der Waals surface area (Å²) in [5, 5.41) is 3.09. The Bertz CT molecular complexity index is 292. The van der Waals surface area contributed by atoms with Gasteiger partial charge in [-0.25, -0.2) is 0 Å². The molecule has 0 radical (unpaired) electrons. The molecule has 2 saturated carbocycles. The minimum absolute atomic E-state index is 0.265. The van der Waals surface area contributed by atoms with Gasteiger partial charge in [0.05, 0.1) is 0 Å². The fraction of sp³-hybridized carbons (Fsp3) is 0.933. The van der Waals surface area contributed by atoms with Crippen LogP contribution in [0, 0.1) is 23.7 Å². The molecule has 18 heavy (non-hydrogen) atoms. The van der Waals surface area contributed by atoms with Crippen LogP contribution in [0.1, 0.15) is 52.4 Å². The van der Waals surface area contributed by atoms with Gasteiger partial charge < -0.3 is 5.32 Å². The summed E-state index contributed by atoms with van der Waals surface area (Å²) in [4.78, 5) is 12.4. The van der Waals surface area contributed by atoms with Gasteiger partial charge in [-0.3, -0.25) is 4.79 Å². The maximum Gasteiger partial charge on any atom is 0.220 e. The van der Waals surface area contributed by atoms with E-state index in [0.717, 1.165) is 31.2 Å². The molecule has 2 aliphatic carbocycles. The Kier molecular flexibility index (Phi) is 5.11. The first-order valence-electron chi connectivity index (χ1n) is 7.45. The molecule has 2 bridgehead atoms. The lowest BCUT2D eigenvalue weighted by Crippen LogP contribution is -2.32. The number of amides is 1. The van der Waals surface area contributed by atoms with Crippen LogP contribution in [0.4, 0.5) is 0 Å². The van der Waals surface area contributed by atoms with Crippen molar-refractivity contribution in [3.63, 3.8) is 0 Å². The van der Waals surface area contributed by atoms with Gasteiger partial charge in [0.2, 0.25) is 5.91 Å². The van der Waals surface area contributed by atoms with Gasteiger partial charge in [-0.15, -0.1) is 0 Å². The highest BCUT2D eigenvalue weighted by Gasteiger charge is 2.39. The third-order valence-electron chi connectivity index (χ3n) is 4.58. The number of hydrogen-bond acceptors (Lipinski definition) is 1. The Labute approximate surface area is 119 Å². The van der Waals surface area contributed by atoms with Crippen molar-refractivity contribution in [3.8, 4) is 0 Å². The molecule has 0 aromatic carbocycles. The lowest BCUT2D eigenvalue weighted by molar-refractivity contribution is -0.122. The first kappa shape index (κ1) is 14.4. The van der Waals surface area contributed by atoms with Crippen molar-refractivity contribution in [3.05, 3.63) is 0 Å². The quantitative estimate of drug-likeness (QED) is 0.743. The normalized spacial score (nSPS) is 31.9. The number of carbonyl (C=O) groups excluding carboxylic acids is 1. The van der Waals surface area contributed by atoms with Crippen LogP contribution in [0.3, 0.4) is 0 Å². The van der Waals surface area contributed by atoms with E-state index in [1.165, 1.54) is 25.7 Å². The maximum atomic E-state index is 11.9. The number of hydrogen-bond donors (Lipinski definition) is 1. The van der Waals surface area contributed by atoms with Crippen LogP contribution in [0.15, 0.2) is 0 Å². The van der Waals surface area contributed by atoms with Gasteiger partial charge in [-0.2, -0.15) is 0 Å². The smallest absolute Gasteiger partial charge is 0.220 e. The number of fused-ring (bicyclic) bond motifs is 2. The van der Waals surface area contributed by atoms with E-state index >= 15 is 0 Å². The van der Waals surface area contributed by atoms with Crippen molar-refractivity contribution in [1.82, 2.24) is 5.32 Å². The molecule has 0 spiro atoms. The second-order valence-electron chi connectivity index (χ2n) is 6.67. The van der Waals surface area contributed by atoms with E-state index in [1.807, 2.05) is 0 Å². The zero-order valence-corrected chi connectivity index (χ0v) is 13.2. The predicted molar refractivity (Wildman–Crippen MR) is 78.7 cm³/mol. The summed E-state index contributed by atoms with van der Waals surface area (Å²) in [5.41, 5.74) is 0. The highest BCUT2D eigenvalue weighted by Crippen LogP contribution is 2.49. The molecular weight excluding hydrogens is 290 g/mol. The molecular formula is C15H26BrNO. The van der Waals surface area contributed by atoms with Gasteiger partial charge in [0.15, 0.2) is 0 Å². The average Bonchev–Trinajstić information content (AvgIpc) is 2.87. The second kappa shape index (κ2) is 6.40. The van der Waals surface area contributed by atoms with Crippen LogP contribution < -0.4 is 5.32 Å². The molecule has 1 amide bonds. The van der Waals surface area contributed by atoms with Gasteiger partial charge in [0.1, 0.15) is 0 Å². The zero-order valence-electron chi connectivity index (χ0n) is 11.6.